The summed E-state index contributed by atoms with van der Waals surface area (Å²) in [5.41, 5.74) is 2.42. The van der Waals surface area contributed by atoms with Gasteiger partial charge in [0.05, 0.1) is 6.54 Å². The van der Waals surface area contributed by atoms with Crippen molar-refractivity contribution < 1.29 is 9.52 Å². The molecule has 0 radical (unpaired) electrons. The van der Waals surface area contributed by atoms with E-state index in [1.165, 1.54) is 5.56 Å². The molecular formula is C17H24N2O2. The number of aliphatic hydroxyl groups is 1. The first-order chi connectivity index (χ1) is 10.3. The number of hydrogen-bond donors (Lipinski definition) is 2. The average Bonchev–Trinajstić information content (AvgIpc) is 2.99. The molecule has 0 saturated heterocycles. The molecule has 1 aromatic carbocycles. The van der Waals surface area contributed by atoms with Gasteiger partial charge in [-0.1, -0.05) is 32.0 Å². The van der Waals surface area contributed by atoms with Gasteiger partial charge in [-0.3, -0.25) is 4.90 Å². The lowest BCUT2D eigenvalue weighted by Crippen LogP contribution is -2.22. The molecule has 0 fully saturated rings. The van der Waals surface area contributed by atoms with Crippen molar-refractivity contribution in [2.24, 2.45) is 0 Å². The van der Waals surface area contributed by atoms with Crippen LogP contribution in [0.15, 0.2) is 40.8 Å². The molecule has 4 heteroatoms. The van der Waals surface area contributed by atoms with E-state index in [1.54, 1.807) is 6.07 Å². The van der Waals surface area contributed by atoms with Gasteiger partial charge in [-0.05, 0) is 36.9 Å². The average molecular weight is 288 g/mol. The van der Waals surface area contributed by atoms with Gasteiger partial charge in [0.1, 0.15) is 18.1 Å². The molecule has 0 amide bonds. The fourth-order valence-corrected chi connectivity index (χ4v) is 2.30. The van der Waals surface area contributed by atoms with Crippen molar-refractivity contribution in [2.75, 3.05) is 18.4 Å². The molecule has 114 valence electrons. The number of nitrogens with zero attached hydrogens (tertiary/aromatic N) is 1. The number of nitrogens with one attached hydrogen (secondary N) is 1. The number of hydrogen-bond acceptors (Lipinski definition) is 4. The van der Waals surface area contributed by atoms with E-state index < -0.39 is 0 Å². The van der Waals surface area contributed by atoms with E-state index in [-0.39, 0.29) is 6.61 Å². The fraction of sp³-hybridized carbons (Fsp3) is 0.412. The summed E-state index contributed by atoms with van der Waals surface area (Å²) >= 11 is 0. The molecule has 2 aromatic rings. The third kappa shape index (κ3) is 4.34. The molecule has 1 aromatic heterocycles. The zero-order valence-corrected chi connectivity index (χ0v) is 12.8. The lowest BCUT2D eigenvalue weighted by atomic mass is 10.1. The number of para-hydroxylation sites is 1. The van der Waals surface area contributed by atoms with Crippen LogP contribution in [0.3, 0.4) is 0 Å². The maximum absolute atomic E-state index is 9.01. The molecule has 0 saturated carbocycles. The predicted octanol–water partition coefficient (Wildman–Crippen LogP) is 3.23. The Labute approximate surface area is 126 Å². The minimum atomic E-state index is -0.0570. The summed E-state index contributed by atoms with van der Waals surface area (Å²) < 4.78 is 5.49. The predicted molar refractivity (Wildman–Crippen MR) is 85.0 cm³/mol. The van der Waals surface area contributed by atoms with Gasteiger partial charge in [0.15, 0.2) is 0 Å². The summed E-state index contributed by atoms with van der Waals surface area (Å²) in [5, 5.41) is 12.4. The Kier molecular flexibility index (Phi) is 5.84. The van der Waals surface area contributed by atoms with Crippen molar-refractivity contribution in [3.63, 3.8) is 0 Å². The van der Waals surface area contributed by atoms with Crippen LogP contribution in [0.4, 0.5) is 5.69 Å². The summed E-state index contributed by atoms with van der Waals surface area (Å²) in [5.74, 6) is 1.43. The van der Waals surface area contributed by atoms with Gasteiger partial charge >= 0.3 is 0 Å². The topological polar surface area (TPSA) is 48.6 Å². The Morgan fingerprint density at radius 1 is 1.05 bits per heavy atom. The molecule has 1 heterocycles. The van der Waals surface area contributed by atoms with Crippen LogP contribution >= 0.6 is 0 Å². The number of benzene rings is 1. The lowest BCUT2D eigenvalue weighted by molar-refractivity contribution is 0.244. The molecule has 0 spiro atoms. The quantitative estimate of drug-likeness (QED) is 0.783. The highest BCUT2D eigenvalue weighted by molar-refractivity contribution is 5.51. The van der Waals surface area contributed by atoms with Gasteiger partial charge in [0.25, 0.3) is 0 Å². The van der Waals surface area contributed by atoms with Gasteiger partial charge in [0.2, 0.25) is 0 Å². The van der Waals surface area contributed by atoms with Gasteiger partial charge in [-0.2, -0.15) is 0 Å². The second kappa shape index (κ2) is 7.86. The highest BCUT2D eigenvalue weighted by Gasteiger charge is 2.07. The number of furan rings is 1. The van der Waals surface area contributed by atoms with Crippen molar-refractivity contribution in [1.29, 1.82) is 0 Å². The van der Waals surface area contributed by atoms with Crippen molar-refractivity contribution in [2.45, 2.75) is 33.5 Å². The van der Waals surface area contributed by atoms with Crippen LogP contribution < -0.4 is 5.32 Å². The first kappa shape index (κ1) is 15.6. The van der Waals surface area contributed by atoms with Crippen LogP contribution in [-0.2, 0) is 19.7 Å². The minimum Gasteiger partial charge on any atom is -0.462 e. The molecule has 0 unspecified atom stereocenters. The molecule has 0 aliphatic rings. The van der Waals surface area contributed by atoms with Crippen LogP contribution in [0.5, 0.6) is 0 Å². The first-order valence-electron chi connectivity index (χ1n) is 7.49. The summed E-state index contributed by atoms with van der Waals surface area (Å²) in [6.45, 7) is 7.95. The highest BCUT2D eigenvalue weighted by atomic mass is 16.4. The molecule has 21 heavy (non-hydrogen) atoms. The first-order valence-corrected chi connectivity index (χ1v) is 7.49. The van der Waals surface area contributed by atoms with E-state index in [9.17, 15) is 0 Å². The Morgan fingerprint density at radius 3 is 2.43 bits per heavy atom. The number of rotatable bonds is 8. The van der Waals surface area contributed by atoms with Crippen LogP contribution in [0.2, 0.25) is 0 Å². The summed E-state index contributed by atoms with van der Waals surface area (Å²) in [4.78, 5) is 2.39. The normalized spacial score (nSPS) is 11.0. The van der Waals surface area contributed by atoms with Crippen LogP contribution in [0.25, 0.3) is 0 Å². The third-order valence-corrected chi connectivity index (χ3v) is 3.63. The molecule has 0 bridgehead atoms. The smallest absolute Gasteiger partial charge is 0.129 e. The van der Waals surface area contributed by atoms with Gasteiger partial charge in [-0.15, -0.1) is 0 Å². The van der Waals surface area contributed by atoms with Crippen LogP contribution in [0.1, 0.15) is 30.9 Å². The van der Waals surface area contributed by atoms with Gasteiger partial charge in [0, 0.05) is 12.2 Å². The summed E-state index contributed by atoms with van der Waals surface area (Å²) in [6.07, 6.45) is 0. The Hall–Kier alpha value is -1.78. The van der Waals surface area contributed by atoms with E-state index in [0.717, 1.165) is 31.1 Å². The van der Waals surface area contributed by atoms with Crippen LogP contribution in [-0.4, -0.2) is 23.1 Å². The summed E-state index contributed by atoms with van der Waals surface area (Å²) in [6, 6.07) is 12.1. The Bertz CT molecular complexity index is 547. The number of aliphatic hydroxyl groups excluding tert-OH is 1. The van der Waals surface area contributed by atoms with Crippen molar-refractivity contribution in [1.82, 2.24) is 4.90 Å². The molecular weight excluding hydrogens is 264 g/mol. The second-order valence-electron chi connectivity index (χ2n) is 5.00. The fourth-order valence-electron chi connectivity index (χ4n) is 2.30. The van der Waals surface area contributed by atoms with E-state index in [2.05, 4.69) is 42.3 Å². The molecule has 2 rings (SSSR count). The Morgan fingerprint density at radius 2 is 1.76 bits per heavy atom. The largest absolute Gasteiger partial charge is 0.462 e. The van der Waals surface area contributed by atoms with Crippen molar-refractivity contribution in [3.05, 3.63) is 53.5 Å². The number of anilines is 1. The molecule has 0 atom stereocenters. The van der Waals surface area contributed by atoms with E-state index in [0.29, 0.717) is 12.3 Å². The maximum atomic E-state index is 9.01. The zero-order chi connectivity index (χ0) is 15.1. The van der Waals surface area contributed by atoms with Crippen molar-refractivity contribution >= 4 is 5.69 Å². The van der Waals surface area contributed by atoms with Gasteiger partial charge < -0.3 is 14.8 Å². The third-order valence-electron chi connectivity index (χ3n) is 3.63. The Balaban J connectivity index is 2.02. The standard InChI is InChI=1S/C17H24N2O2/c1-3-19(4-2)12-14-7-5-6-8-17(14)18-11-15-9-10-16(13-20)21-15/h5-10,18,20H,3-4,11-13H2,1-2H3. The SMILES string of the molecule is CCN(CC)Cc1ccccc1NCc1ccc(CO)o1. The minimum absolute atomic E-state index is 0.0570. The van der Waals surface area contributed by atoms with Crippen molar-refractivity contribution in [3.8, 4) is 0 Å². The molecule has 4 nitrogen and oxygen atoms in total. The van der Waals surface area contributed by atoms with Gasteiger partial charge in [-0.25, -0.2) is 0 Å². The zero-order valence-electron chi connectivity index (χ0n) is 12.8. The molecule has 0 aliphatic carbocycles. The summed E-state index contributed by atoms with van der Waals surface area (Å²) in [7, 11) is 0. The second-order valence-corrected chi connectivity index (χ2v) is 5.00. The molecule has 0 aliphatic heterocycles. The monoisotopic (exact) mass is 288 g/mol. The van der Waals surface area contributed by atoms with E-state index >= 15 is 0 Å². The van der Waals surface area contributed by atoms with E-state index in [1.807, 2.05) is 12.1 Å². The maximum Gasteiger partial charge on any atom is 0.129 e. The highest BCUT2D eigenvalue weighted by Crippen LogP contribution is 2.19. The van der Waals surface area contributed by atoms with E-state index in [4.69, 9.17) is 9.52 Å². The van der Waals surface area contributed by atoms with Crippen LogP contribution in [0, 0.1) is 0 Å². The lowest BCUT2D eigenvalue weighted by Gasteiger charge is -2.20. The molecule has 2 N–H and O–H groups in total.